The number of alkyl halides is 3. The fraction of sp³-hybridized carbons (Fsp3) is 0.238. The molecule has 32 heavy (non-hydrogen) atoms. The number of H-pyrrole nitrogens is 1. The molecule has 2 aromatic carbocycles. The molecule has 0 saturated carbocycles. The van der Waals surface area contributed by atoms with Crippen LogP contribution in [0.1, 0.15) is 30.8 Å². The predicted octanol–water partition coefficient (Wildman–Crippen LogP) is 4.68. The molecule has 0 saturated heterocycles. The largest absolute Gasteiger partial charge is 0.416 e. The van der Waals surface area contributed by atoms with Crippen molar-refractivity contribution in [3.8, 4) is 11.3 Å². The third kappa shape index (κ3) is 5.62. The van der Waals surface area contributed by atoms with E-state index < -0.39 is 28.4 Å². The summed E-state index contributed by atoms with van der Waals surface area (Å²) in [5.41, 5.74) is -0.167. The zero-order valence-electron chi connectivity index (χ0n) is 16.9. The van der Waals surface area contributed by atoms with Crippen LogP contribution in [0.2, 0.25) is 0 Å². The van der Waals surface area contributed by atoms with Crippen molar-refractivity contribution in [2.24, 2.45) is 0 Å². The molecular formula is C21H20F3N5O3. The third-order valence-electron chi connectivity index (χ3n) is 4.66. The number of nitrogens with zero attached hydrogens (tertiary/aromatic N) is 2. The predicted molar refractivity (Wildman–Crippen MR) is 112 cm³/mol. The summed E-state index contributed by atoms with van der Waals surface area (Å²) in [5, 5.41) is 16.5. The van der Waals surface area contributed by atoms with Crippen LogP contribution in [-0.4, -0.2) is 27.3 Å². The average Bonchev–Trinajstić information content (AvgIpc) is 3.24. The molecule has 3 N–H and O–H groups in total. The second kappa shape index (κ2) is 9.50. The number of nitro groups is 1. The molecule has 1 amide bonds. The number of carbonyl (C=O) groups is 1. The highest BCUT2D eigenvalue weighted by Gasteiger charge is 2.33. The van der Waals surface area contributed by atoms with Crippen molar-refractivity contribution in [1.29, 1.82) is 0 Å². The zero-order valence-corrected chi connectivity index (χ0v) is 16.9. The lowest BCUT2D eigenvalue weighted by atomic mass is 10.1. The maximum absolute atomic E-state index is 12.8. The molecule has 1 aromatic heterocycles. The number of nitro benzene ring substituents is 1. The van der Waals surface area contributed by atoms with E-state index in [2.05, 4.69) is 20.6 Å². The van der Waals surface area contributed by atoms with Crippen LogP contribution in [0, 0.1) is 10.1 Å². The number of benzene rings is 2. The molecule has 1 unspecified atom stereocenters. The van der Waals surface area contributed by atoms with E-state index in [0.29, 0.717) is 11.9 Å². The monoisotopic (exact) mass is 447 g/mol. The third-order valence-corrected chi connectivity index (χ3v) is 4.66. The van der Waals surface area contributed by atoms with Crippen molar-refractivity contribution in [3.05, 3.63) is 76.2 Å². The lowest BCUT2D eigenvalue weighted by Gasteiger charge is -2.13. The summed E-state index contributed by atoms with van der Waals surface area (Å²) in [6, 6.07) is 11.3. The van der Waals surface area contributed by atoms with Crippen molar-refractivity contribution in [1.82, 2.24) is 15.3 Å². The molecule has 3 aromatic rings. The van der Waals surface area contributed by atoms with Gasteiger partial charge < -0.3 is 15.6 Å². The maximum atomic E-state index is 12.8. The first-order valence-electron chi connectivity index (χ1n) is 9.64. The molecule has 1 atom stereocenters. The van der Waals surface area contributed by atoms with Crippen LogP contribution >= 0.6 is 0 Å². The molecule has 0 aliphatic heterocycles. The molecule has 0 spiro atoms. The van der Waals surface area contributed by atoms with Gasteiger partial charge in [0.05, 0.1) is 28.4 Å². The van der Waals surface area contributed by atoms with E-state index in [1.54, 1.807) is 13.1 Å². The Balaban J connectivity index is 1.55. The van der Waals surface area contributed by atoms with Crippen LogP contribution in [0.3, 0.4) is 0 Å². The molecule has 0 aliphatic carbocycles. The molecule has 0 radical (unpaired) electrons. The van der Waals surface area contributed by atoms with Gasteiger partial charge in [-0.1, -0.05) is 30.3 Å². The Morgan fingerprint density at radius 3 is 2.59 bits per heavy atom. The topological polar surface area (TPSA) is 113 Å². The van der Waals surface area contributed by atoms with E-state index in [1.807, 2.05) is 30.3 Å². The Kier molecular flexibility index (Phi) is 6.76. The number of carbonyl (C=O) groups excluding carboxylic acids is 1. The standard InChI is InChI=1S/C21H20F3N5O3/c1-13(20-26-12-17(28-20)14-5-3-2-4-6-14)27-19(30)9-10-25-16-8-7-15(21(22,23)24)11-18(16)29(31)32/h2-8,11-13,25H,9-10H2,1H3,(H,26,28)(H,27,30). The van der Waals surface area contributed by atoms with Crippen LogP contribution in [-0.2, 0) is 11.0 Å². The van der Waals surface area contributed by atoms with Gasteiger partial charge in [-0.15, -0.1) is 0 Å². The number of anilines is 1. The summed E-state index contributed by atoms with van der Waals surface area (Å²) in [4.78, 5) is 29.9. The molecule has 8 nitrogen and oxygen atoms in total. The molecule has 0 aliphatic rings. The van der Waals surface area contributed by atoms with Crippen LogP contribution < -0.4 is 10.6 Å². The number of aromatic amines is 1. The second-order valence-electron chi connectivity index (χ2n) is 7.00. The Bertz CT molecular complexity index is 1100. The molecule has 168 valence electrons. The average molecular weight is 447 g/mol. The Labute approximate surface area is 181 Å². The number of rotatable bonds is 8. The summed E-state index contributed by atoms with van der Waals surface area (Å²) in [5.74, 6) is 0.209. The van der Waals surface area contributed by atoms with Crippen LogP contribution in [0.4, 0.5) is 24.5 Å². The number of imidazole rings is 1. The fourth-order valence-corrected chi connectivity index (χ4v) is 3.02. The van der Waals surface area contributed by atoms with Crippen molar-refractivity contribution < 1.29 is 22.9 Å². The van der Waals surface area contributed by atoms with Gasteiger partial charge in [-0.05, 0) is 24.6 Å². The van der Waals surface area contributed by atoms with Gasteiger partial charge in [0.15, 0.2) is 0 Å². The summed E-state index contributed by atoms with van der Waals surface area (Å²) < 4.78 is 38.3. The molecular weight excluding hydrogens is 427 g/mol. The second-order valence-corrected chi connectivity index (χ2v) is 7.00. The molecule has 1 heterocycles. The highest BCUT2D eigenvalue weighted by molar-refractivity contribution is 5.77. The Morgan fingerprint density at radius 2 is 1.94 bits per heavy atom. The van der Waals surface area contributed by atoms with Gasteiger partial charge in [0.2, 0.25) is 5.91 Å². The zero-order chi connectivity index (χ0) is 23.3. The van der Waals surface area contributed by atoms with Crippen molar-refractivity contribution in [3.63, 3.8) is 0 Å². The number of halogens is 3. The fourth-order valence-electron chi connectivity index (χ4n) is 3.02. The lowest BCUT2D eigenvalue weighted by Crippen LogP contribution is -2.28. The number of nitrogens with one attached hydrogen (secondary N) is 3. The van der Waals surface area contributed by atoms with Gasteiger partial charge >= 0.3 is 6.18 Å². The summed E-state index contributed by atoms with van der Waals surface area (Å²) in [6.07, 6.45) is -3.07. The van der Waals surface area contributed by atoms with Gasteiger partial charge in [0.25, 0.3) is 5.69 Å². The first-order chi connectivity index (χ1) is 15.1. The minimum atomic E-state index is -4.69. The van der Waals surface area contributed by atoms with Gasteiger partial charge in [0, 0.05) is 19.0 Å². The van der Waals surface area contributed by atoms with Gasteiger partial charge in [-0.3, -0.25) is 14.9 Å². The van der Waals surface area contributed by atoms with Gasteiger partial charge in [-0.25, -0.2) is 4.98 Å². The van der Waals surface area contributed by atoms with Crippen LogP contribution in [0.25, 0.3) is 11.3 Å². The van der Waals surface area contributed by atoms with E-state index in [4.69, 9.17) is 0 Å². The highest BCUT2D eigenvalue weighted by atomic mass is 19.4. The van der Waals surface area contributed by atoms with E-state index in [0.717, 1.165) is 23.4 Å². The van der Waals surface area contributed by atoms with E-state index >= 15 is 0 Å². The maximum Gasteiger partial charge on any atom is 0.416 e. The number of aromatic nitrogens is 2. The number of amides is 1. The number of hydrogen-bond acceptors (Lipinski definition) is 5. The smallest absolute Gasteiger partial charge is 0.379 e. The molecule has 0 fully saturated rings. The van der Waals surface area contributed by atoms with Gasteiger partial charge in [-0.2, -0.15) is 13.2 Å². The van der Waals surface area contributed by atoms with Crippen molar-refractivity contribution >= 4 is 17.3 Å². The Morgan fingerprint density at radius 1 is 1.22 bits per heavy atom. The first kappa shape index (κ1) is 22.8. The van der Waals surface area contributed by atoms with E-state index in [-0.39, 0.29) is 24.6 Å². The van der Waals surface area contributed by atoms with Crippen molar-refractivity contribution in [2.45, 2.75) is 25.6 Å². The van der Waals surface area contributed by atoms with Crippen molar-refractivity contribution in [2.75, 3.05) is 11.9 Å². The van der Waals surface area contributed by atoms with Crippen LogP contribution in [0.15, 0.2) is 54.7 Å². The minimum Gasteiger partial charge on any atom is -0.379 e. The van der Waals surface area contributed by atoms with Gasteiger partial charge in [0.1, 0.15) is 11.5 Å². The SMILES string of the molecule is CC(NC(=O)CCNc1ccc(C(F)(F)F)cc1[N+](=O)[O-])c1ncc(-c2ccccc2)[nH]1. The molecule has 11 heteroatoms. The first-order valence-corrected chi connectivity index (χ1v) is 9.64. The van der Waals surface area contributed by atoms with Crippen LogP contribution in [0.5, 0.6) is 0 Å². The normalized spacial score (nSPS) is 12.2. The quantitative estimate of drug-likeness (QED) is 0.343. The molecule has 3 rings (SSSR count). The summed E-state index contributed by atoms with van der Waals surface area (Å²) in [6.45, 7) is 1.75. The molecule has 0 bridgehead atoms. The Hall–Kier alpha value is -3.89. The lowest BCUT2D eigenvalue weighted by molar-refractivity contribution is -0.384. The number of hydrogen-bond donors (Lipinski definition) is 3. The van der Waals surface area contributed by atoms with E-state index in [9.17, 15) is 28.1 Å². The highest BCUT2D eigenvalue weighted by Crippen LogP contribution is 2.34. The summed E-state index contributed by atoms with van der Waals surface area (Å²) >= 11 is 0. The minimum absolute atomic E-state index is 0.00181. The van der Waals surface area contributed by atoms with E-state index in [1.165, 1.54) is 0 Å². The summed E-state index contributed by atoms with van der Waals surface area (Å²) in [7, 11) is 0.